The van der Waals surface area contributed by atoms with Crippen LogP contribution in [-0.2, 0) is 6.42 Å². The van der Waals surface area contributed by atoms with Crippen LogP contribution in [0.15, 0.2) is 65.6 Å². The van der Waals surface area contributed by atoms with Crippen molar-refractivity contribution in [2.45, 2.75) is 11.3 Å². The molecule has 0 spiro atoms. The van der Waals surface area contributed by atoms with Gasteiger partial charge >= 0.3 is 0 Å². The molecule has 34 heavy (non-hydrogen) atoms. The Bertz CT molecular complexity index is 1160. The number of methoxy groups -OCH3 is 2. The second-order valence-electron chi connectivity index (χ2n) is 7.19. The molecule has 0 fully saturated rings. The fourth-order valence-electron chi connectivity index (χ4n) is 3.24. The van der Waals surface area contributed by atoms with Gasteiger partial charge in [-0.05, 0) is 83.7 Å². The number of ether oxygens (including phenoxy) is 2. The molecule has 0 bridgehead atoms. The third-order valence-corrected chi connectivity index (χ3v) is 6.57. The number of nitrogens with one attached hydrogen (secondary N) is 3. The van der Waals surface area contributed by atoms with Gasteiger partial charge in [0.1, 0.15) is 11.5 Å². The highest BCUT2D eigenvalue weighted by Gasteiger charge is 2.13. The van der Waals surface area contributed by atoms with E-state index in [-0.39, 0.29) is 5.91 Å². The molecule has 0 aromatic heterocycles. The van der Waals surface area contributed by atoms with Gasteiger partial charge < -0.3 is 24.8 Å². The number of amides is 1. The average Bonchev–Trinajstić information content (AvgIpc) is 2.87. The summed E-state index contributed by atoms with van der Waals surface area (Å²) in [7, 11) is 4.95. The van der Waals surface area contributed by atoms with E-state index in [4.69, 9.17) is 33.3 Å². The van der Waals surface area contributed by atoms with E-state index in [0.717, 1.165) is 27.3 Å². The quantitative estimate of drug-likeness (QED) is 0.270. The molecule has 1 amide bonds. The molecule has 0 saturated carbocycles. The lowest BCUT2D eigenvalue weighted by Gasteiger charge is -2.14. The van der Waals surface area contributed by atoms with Crippen molar-refractivity contribution >= 4 is 46.8 Å². The van der Waals surface area contributed by atoms with Gasteiger partial charge in [-0.1, -0.05) is 35.9 Å². The summed E-state index contributed by atoms with van der Waals surface area (Å²) in [6.07, 6.45) is 0.654. The third kappa shape index (κ3) is 6.79. The molecule has 0 aliphatic rings. The molecule has 0 atom stereocenters. The Kier molecular flexibility index (Phi) is 9.44. The summed E-state index contributed by atoms with van der Waals surface area (Å²) in [5.41, 5.74) is 3.62. The van der Waals surface area contributed by atoms with E-state index in [2.05, 4.69) is 33.6 Å². The number of thiocarbonyl (C=S) groups is 1. The molecule has 0 radical (unpaired) electrons. The Balaban J connectivity index is 1.74. The van der Waals surface area contributed by atoms with Gasteiger partial charge in [0.15, 0.2) is 5.11 Å². The van der Waals surface area contributed by atoms with Crippen LogP contribution in [0.25, 0.3) is 11.1 Å². The minimum atomic E-state index is -0.232. The van der Waals surface area contributed by atoms with Crippen molar-refractivity contribution in [3.8, 4) is 22.6 Å². The molecule has 0 aliphatic heterocycles. The highest BCUT2D eigenvalue weighted by Crippen LogP contribution is 2.32. The Morgan fingerprint density at radius 3 is 2.47 bits per heavy atom. The van der Waals surface area contributed by atoms with Crippen molar-refractivity contribution in [1.29, 1.82) is 0 Å². The molecular weight excluding hydrogens is 490 g/mol. The monoisotopic (exact) mass is 515 g/mol. The van der Waals surface area contributed by atoms with Crippen LogP contribution in [0.5, 0.6) is 11.5 Å². The smallest absolute Gasteiger partial charge is 0.255 e. The van der Waals surface area contributed by atoms with Gasteiger partial charge in [0.25, 0.3) is 5.91 Å². The molecule has 3 rings (SSSR count). The molecule has 0 unspecified atom stereocenters. The zero-order valence-corrected chi connectivity index (χ0v) is 21.5. The Morgan fingerprint density at radius 1 is 1.03 bits per heavy atom. The fourth-order valence-corrected chi connectivity index (χ4v) is 4.35. The van der Waals surface area contributed by atoms with E-state index < -0.39 is 0 Å². The Morgan fingerprint density at radius 2 is 1.79 bits per heavy atom. The van der Waals surface area contributed by atoms with Gasteiger partial charge in [0.2, 0.25) is 0 Å². The second-order valence-corrected chi connectivity index (χ2v) is 8.89. The molecule has 3 aromatic rings. The van der Waals surface area contributed by atoms with E-state index in [9.17, 15) is 4.79 Å². The van der Waals surface area contributed by atoms with Crippen LogP contribution in [0.4, 0.5) is 0 Å². The first-order valence-electron chi connectivity index (χ1n) is 10.5. The molecule has 3 N–H and O–H groups in total. The number of rotatable bonds is 9. The predicted octanol–water partition coefficient (Wildman–Crippen LogP) is 5.10. The highest BCUT2D eigenvalue weighted by molar-refractivity contribution is 7.99. The van der Waals surface area contributed by atoms with Crippen LogP contribution >= 0.6 is 35.8 Å². The summed E-state index contributed by atoms with van der Waals surface area (Å²) in [6.45, 7) is 0.461. The minimum absolute atomic E-state index is 0.232. The van der Waals surface area contributed by atoms with Gasteiger partial charge in [-0.2, -0.15) is 0 Å². The predicted molar refractivity (Wildman–Crippen MR) is 143 cm³/mol. The first-order valence-corrected chi connectivity index (χ1v) is 12.1. The zero-order chi connectivity index (χ0) is 24.5. The topological polar surface area (TPSA) is 71.6 Å². The van der Waals surface area contributed by atoms with E-state index in [0.29, 0.717) is 34.4 Å². The summed E-state index contributed by atoms with van der Waals surface area (Å²) in [5.74, 6) is 1.05. The molecule has 3 aromatic carbocycles. The van der Waals surface area contributed by atoms with Crippen LogP contribution in [0.3, 0.4) is 0 Å². The first-order chi connectivity index (χ1) is 16.4. The normalized spacial score (nSPS) is 10.4. The SMILES string of the molecule is CNC(=S)NSc1cc(CCNC(=O)c2cc(Cl)ccc2OC)ccc1-c1ccc(OC)cc1. The van der Waals surface area contributed by atoms with Gasteiger partial charge in [-0.25, -0.2) is 0 Å². The van der Waals surface area contributed by atoms with E-state index in [1.165, 1.54) is 19.1 Å². The third-order valence-electron chi connectivity index (χ3n) is 5.03. The molecule has 178 valence electrons. The summed E-state index contributed by atoms with van der Waals surface area (Å²) < 4.78 is 13.7. The lowest BCUT2D eigenvalue weighted by molar-refractivity contribution is 0.0951. The number of hydrogen-bond donors (Lipinski definition) is 3. The minimum Gasteiger partial charge on any atom is -0.497 e. The van der Waals surface area contributed by atoms with Crippen molar-refractivity contribution in [3.63, 3.8) is 0 Å². The van der Waals surface area contributed by atoms with Crippen LogP contribution in [0.1, 0.15) is 15.9 Å². The molecule has 9 heteroatoms. The molecule has 0 heterocycles. The van der Waals surface area contributed by atoms with Crippen molar-refractivity contribution in [1.82, 2.24) is 15.4 Å². The van der Waals surface area contributed by atoms with Crippen LogP contribution in [0.2, 0.25) is 5.02 Å². The lowest BCUT2D eigenvalue weighted by atomic mass is 10.0. The van der Waals surface area contributed by atoms with Gasteiger partial charge in [-0.3, -0.25) is 4.79 Å². The van der Waals surface area contributed by atoms with Crippen LogP contribution in [-0.4, -0.2) is 38.8 Å². The highest BCUT2D eigenvalue weighted by atomic mass is 35.5. The number of halogens is 1. The van der Waals surface area contributed by atoms with Crippen molar-refractivity contribution in [3.05, 3.63) is 76.8 Å². The lowest BCUT2D eigenvalue weighted by Crippen LogP contribution is -2.27. The number of carbonyl (C=O) groups is 1. The summed E-state index contributed by atoms with van der Waals surface area (Å²) in [4.78, 5) is 13.7. The van der Waals surface area contributed by atoms with Gasteiger partial charge in [0, 0.05) is 23.5 Å². The van der Waals surface area contributed by atoms with E-state index in [1.807, 2.05) is 24.3 Å². The number of benzene rings is 3. The number of carbonyl (C=O) groups excluding carboxylic acids is 1. The Hall–Kier alpha value is -2.94. The van der Waals surface area contributed by atoms with Crippen molar-refractivity contribution in [2.75, 3.05) is 27.8 Å². The largest absolute Gasteiger partial charge is 0.497 e. The van der Waals surface area contributed by atoms with Crippen molar-refractivity contribution < 1.29 is 14.3 Å². The maximum Gasteiger partial charge on any atom is 0.255 e. The zero-order valence-electron chi connectivity index (χ0n) is 19.1. The molecule has 6 nitrogen and oxygen atoms in total. The standard InChI is InChI=1S/C25H26ClN3O3S2/c1-27-25(33)29-34-23-14-16(4-10-20(23)17-5-8-19(31-2)9-6-17)12-13-28-24(30)21-15-18(26)7-11-22(21)32-3/h4-11,14-15H,12-13H2,1-3H3,(H,28,30)(H2,27,29,33). The van der Waals surface area contributed by atoms with Crippen molar-refractivity contribution in [2.24, 2.45) is 0 Å². The molecule has 0 saturated heterocycles. The maximum atomic E-state index is 12.6. The molecular formula is C25H26ClN3O3S2. The van der Waals surface area contributed by atoms with E-state index >= 15 is 0 Å². The van der Waals surface area contributed by atoms with Crippen LogP contribution < -0.4 is 24.8 Å². The maximum absolute atomic E-state index is 12.6. The Labute approximate surface area is 214 Å². The number of hydrogen-bond acceptors (Lipinski definition) is 5. The molecule has 0 aliphatic carbocycles. The average molecular weight is 516 g/mol. The van der Waals surface area contributed by atoms with Crippen LogP contribution in [0, 0.1) is 0 Å². The summed E-state index contributed by atoms with van der Waals surface area (Å²) in [6, 6.07) is 19.1. The van der Waals surface area contributed by atoms with Gasteiger partial charge in [-0.15, -0.1) is 0 Å². The fraction of sp³-hybridized carbons (Fsp3) is 0.200. The second kappa shape index (κ2) is 12.5. The first kappa shape index (κ1) is 25.7. The summed E-state index contributed by atoms with van der Waals surface area (Å²) >= 11 is 12.7. The van der Waals surface area contributed by atoms with Gasteiger partial charge in [0.05, 0.1) is 19.8 Å². The summed E-state index contributed by atoms with van der Waals surface area (Å²) in [5, 5.41) is 6.88. The van der Waals surface area contributed by atoms with E-state index in [1.54, 1.807) is 32.4 Å².